The summed E-state index contributed by atoms with van der Waals surface area (Å²) in [5, 5.41) is 13.2. The fourth-order valence-corrected chi connectivity index (χ4v) is 2.11. The number of amides is 1. The van der Waals surface area contributed by atoms with E-state index in [0.29, 0.717) is 17.7 Å². The fourth-order valence-electron chi connectivity index (χ4n) is 2.11. The summed E-state index contributed by atoms with van der Waals surface area (Å²) in [6, 6.07) is 9.38. The van der Waals surface area contributed by atoms with E-state index < -0.39 is 0 Å². The molecule has 0 unspecified atom stereocenters. The van der Waals surface area contributed by atoms with E-state index in [-0.39, 0.29) is 11.4 Å². The molecule has 0 N–H and O–H groups in total. The van der Waals surface area contributed by atoms with Gasteiger partial charge in [-0.15, -0.1) is 0 Å². The van der Waals surface area contributed by atoms with Gasteiger partial charge in [-0.3, -0.25) is 9.48 Å². The maximum atomic E-state index is 12.5. The van der Waals surface area contributed by atoms with Crippen LogP contribution in [0.2, 0.25) is 0 Å². The van der Waals surface area contributed by atoms with E-state index in [0.717, 1.165) is 5.56 Å². The van der Waals surface area contributed by atoms with Crippen LogP contribution in [-0.4, -0.2) is 27.6 Å². The molecule has 1 aromatic heterocycles. The molecule has 0 fully saturated rings. The Balaban J connectivity index is 2.12. The highest BCUT2D eigenvalue weighted by Crippen LogP contribution is 2.15. The van der Waals surface area contributed by atoms with Crippen LogP contribution < -0.4 is 0 Å². The summed E-state index contributed by atoms with van der Waals surface area (Å²) in [7, 11) is 1.75. The van der Waals surface area contributed by atoms with Crippen LogP contribution in [0.15, 0.2) is 36.7 Å². The van der Waals surface area contributed by atoms with Crippen molar-refractivity contribution in [2.75, 3.05) is 7.05 Å². The highest BCUT2D eigenvalue weighted by Gasteiger charge is 2.19. The van der Waals surface area contributed by atoms with Crippen LogP contribution in [0.1, 0.15) is 42.3 Å². The second kappa shape index (κ2) is 6.02. The minimum atomic E-state index is -0.155. The summed E-state index contributed by atoms with van der Waals surface area (Å²) in [4.78, 5) is 14.1. The lowest BCUT2D eigenvalue weighted by Gasteiger charge is -2.19. The van der Waals surface area contributed by atoms with Crippen LogP contribution in [0, 0.1) is 11.3 Å². The Morgan fingerprint density at radius 1 is 1.41 bits per heavy atom. The highest BCUT2D eigenvalue weighted by molar-refractivity contribution is 5.93. The van der Waals surface area contributed by atoms with E-state index in [1.807, 2.05) is 32.9 Å². The second-order valence-corrected chi connectivity index (χ2v) is 6.32. The van der Waals surface area contributed by atoms with Crippen molar-refractivity contribution >= 4 is 5.91 Å². The van der Waals surface area contributed by atoms with Gasteiger partial charge >= 0.3 is 0 Å². The predicted octanol–water partition coefficient (Wildman–Crippen LogP) is 2.78. The summed E-state index contributed by atoms with van der Waals surface area (Å²) < 4.78 is 1.78. The third-order valence-corrected chi connectivity index (χ3v) is 3.34. The molecule has 0 aliphatic rings. The van der Waals surface area contributed by atoms with Crippen molar-refractivity contribution in [1.82, 2.24) is 14.7 Å². The smallest absolute Gasteiger partial charge is 0.257 e. The van der Waals surface area contributed by atoms with E-state index in [1.165, 1.54) is 0 Å². The molecule has 2 rings (SSSR count). The van der Waals surface area contributed by atoms with Gasteiger partial charge in [0.1, 0.15) is 0 Å². The zero-order valence-electron chi connectivity index (χ0n) is 13.4. The number of aromatic nitrogens is 2. The largest absolute Gasteiger partial charge is 0.337 e. The van der Waals surface area contributed by atoms with Crippen LogP contribution in [0.25, 0.3) is 0 Å². The molecule has 1 heterocycles. The number of nitrogens with zero attached hydrogens (tertiary/aromatic N) is 4. The molecule has 1 amide bonds. The molecule has 0 atom stereocenters. The van der Waals surface area contributed by atoms with Gasteiger partial charge in [-0.05, 0) is 38.5 Å². The number of nitriles is 1. The Morgan fingerprint density at radius 3 is 2.73 bits per heavy atom. The van der Waals surface area contributed by atoms with E-state index in [1.54, 1.807) is 41.2 Å². The normalized spacial score (nSPS) is 11.0. The van der Waals surface area contributed by atoms with Gasteiger partial charge in [0.2, 0.25) is 0 Å². The zero-order chi connectivity index (χ0) is 16.3. The monoisotopic (exact) mass is 296 g/mol. The maximum Gasteiger partial charge on any atom is 0.257 e. The third kappa shape index (κ3) is 3.53. The molecule has 1 aromatic carbocycles. The number of benzene rings is 1. The summed E-state index contributed by atoms with van der Waals surface area (Å²) in [6.45, 7) is 6.55. The lowest BCUT2D eigenvalue weighted by atomic mass is 10.1. The van der Waals surface area contributed by atoms with Crippen LogP contribution in [0.3, 0.4) is 0 Å². The highest BCUT2D eigenvalue weighted by atomic mass is 16.2. The summed E-state index contributed by atoms with van der Waals surface area (Å²) in [5.74, 6) is -0.0853. The maximum absolute atomic E-state index is 12.5. The Bertz CT molecular complexity index is 719. The lowest BCUT2D eigenvalue weighted by Crippen LogP contribution is -2.26. The summed E-state index contributed by atoms with van der Waals surface area (Å²) >= 11 is 0. The molecule has 22 heavy (non-hydrogen) atoms. The Hall–Kier alpha value is -2.61. The number of hydrogen-bond donors (Lipinski definition) is 0. The minimum absolute atomic E-state index is 0.0853. The number of carbonyl (C=O) groups is 1. The van der Waals surface area contributed by atoms with Gasteiger partial charge in [0.15, 0.2) is 0 Å². The first kappa shape index (κ1) is 15.8. The van der Waals surface area contributed by atoms with E-state index in [9.17, 15) is 4.79 Å². The molecular formula is C17H20N4O. The topological polar surface area (TPSA) is 61.9 Å². The number of hydrogen-bond acceptors (Lipinski definition) is 3. The van der Waals surface area contributed by atoms with Crippen LogP contribution in [0.4, 0.5) is 0 Å². The molecule has 0 saturated heterocycles. The van der Waals surface area contributed by atoms with E-state index in [4.69, 9.17) is 5.26 Å². The first-order valence-electron chi connectivity index (χ1n) is 7.11. The molecule has 2 aromatic rings. The van der Waals surface area contributed by atoms with Crippen molar-refractivity contribution in [3.63, 3.8) is 0 Å². The lowest BCUT2D eigenvalue weighted by molar-refractivity contribution is 0.0785. The van der Waals surface area contributed by atoms with E-state index >= 15 is 0 Å². The molecule has 0 radical (unpaired) electrons. The fraction of sp³-hybridized carbons (Fsp3) is 0.353. The van der Waals surface area contributed by atoms with Crippen molar-refractivity contribution < 1.29 is 4.79 Å². The Morgan fingerprint density at radius 2 is 2.14 bits per heavy atom. The van der Waals surface area contributed by atoms with Crippen molar-refractivity contribution in [2.24, 2.45) is 0 Å². The molecule has 114 valence electrons. The first-order chi connectivity index (χ1) is 10.3. The molecule has 5 heteroatoms. The first-order valence-corrected chi connectivity index (χ1v) is 7.11. The number of rotatable bonds is 3. The average molecular weight is 296 g/mol. The molecule has 0 saturated carbocycles. The van der Waals surface area contributed by atoms with Gasteiger partial charge in [0.05, 0.1) is 28.9 Å². The van der Waals surface area contributed by atoms with Crippen molar-refractivity contribution in [3.05, 3.63) is 53.3 Å². The SMILES string of the molecule is CN(Cc1cccc(C#N)c1)C(=O)c1cnn(C(C)(C)C)c1. The molecular weight excluding hydrogens is 276 g/mol. The summed E-state index contributed by atoms with van der Waals surface area (Å²) in [6.07, 6.45) is 3.36. The average Bonchev–Trinajstić information content (AvgIpc) is 2.96. The van der Waals surface area contributed by atoms with Crippen LogP contribution in [0.5, 0.6) is 0 Å². The standard InChI is InChI=1S/C17H20N4O/c1-17(2,3)21-12-15(10-19-21)16(22)20(4)11-14-7-5-6-13(8-14)9-18/h5-8,10,12H,11H2,1-4H3. The van der Waals surface area contributed by atoms with Crippen molar-refractivity contribution in [3.8, 4) is 6.07 Å². The predicted molar refractivity (Wildman–Crippen MR) is 84.2 cm³/mol. The molecule has 0 bridgehead atoms. The van der Waals surface area contributed by atoms with Crippen molar-refractivity contribution in [2.45, 2.75) is 32.9 Å². The quantitative estimate of drug-likeness (QED) is 0.875. The zero-order valence-corrected chi connectivity index (χ0v) is 13.4. The van der Waals surface area contributed by atoms with Gasteiger partial charge in [-0.25, -0.2) is 0 Å². The molecule has 0 aliphatic carbocycles. The van der Waals surface area contributed by atoms with Gasteiger partial charge in [-0.2, -0.15) is 10.4 Å². The van der Waals surface area contributed by atoms with Gasteiger partial charge in [0, 0.05) is 19.8 Å². The minimum Gasteiger partial charge on any atom is -0.337 e. The summed E-state index contributed by atoms with van der Waals surface area (Å²) in [5.41, 5.74) is 1.93. The van der Waals surface area contributed by atoms with Crippen molar-refractivity contribution in [1.29, 1.82) is 5.26 Å². The number of carbonyl (C=O) groups excluding carboxylic acids is 1. The van der Waals surface area contributed by atoms with Crippen LogP contribution >= 0.6 is 0 Å². The third-order valence-electron chi connectivity index (χ3n) is 3.34. The molecule has 5 nitrogen and oxygen atoms in total. The van der Waals surface area contributed by atoms with Gasteiger partial charge in [-0.1, -0.05) is 12.1 Å². The van der Waals surface area contributed by atoms with Gasteiger partial charge < -0.3 is 4.90 Å². The Labute approximate surface area is 130 Å². The molecule has 0 aliphatic heterocycles. The second-order valence-electron chi connectivity index (χ2n) is 6.32. The molecule has 0 spiro atoms. The Kier molecular flexibility index (Phi) is 4.32. The van der Waals surface area contributed by atoms with Crippen LogP contribution in [-0.2, 0) is 12.1 Å². The van der Waals surface area contributed by atoms with Gasteiger partial charge in [0.25, 0.3) is 5.91 Å². The van der Waals surface area contributed by atoms with E-state index in [2.05, 4.69) is 11.2 Å².